The van der Waals surface area contributed by atoms with Crippen LogP contribution in [0.5, 0.6) is 0 Å². The van der Waals surface area contributed by atoms with E-state index in [1.54, 1.807) is 34.8 Å². The van der Waals surface area contributed by atoms with Gasteiger partial charge >= 0.3 is 0 Å². The van der Waals surface area contributed by atoms with E-state index in [2.05, 4.69) is 15.4 Å². The Labute approximate surface area is 187 Å². The van der Waals surface area contributed by atoms with Crippen LogP contribution < -0.4 is 10.9 Å². The van der Waals surface area contributed by atoms with E-state index < -0.39 is 0 Å². The molecule has 0 aliphatic rings. The van der Waals surface area contributed by atoms with Crippen molar-refractivity contribution in [3.05, 3.63) is 87.0 Å². The normalized spacial score (nSPS) is 11.1. The van der Waals surface area contributed by atoms with Gasteiger partial charge in [-0.3, -0.25) is 9.59 Å². The van der Waals surface area contributed by atoms with Crippen molar-refractivity contribution in [3.63, 3.8) is 0 Å². The maximum atomic E-state index is 12.2. The molecule has 0 unspecified atom stereocenters. The van der Waals surface area contributed by atoms with E-state index >= 15 is 0 Å². The maximum Gasteiger partial charge on any atom is 0.266 e. The highest BCUT2D eigenvalue weighted by Crippen LogP contribution is 2.33. The molecule has 0 radical (unpaired) electrons. The molecular weight excluding hydrogens is 428 g/mol. The smallest absolute Gasteiger partial charge is 0.266 e. The molecule has 1 N–H and O–H groups in total. The van der Waals surface area contributed by atoms with E-state index in [1.807, 2.05) is 54.8 Å². The number of aryl methyl sites for hydroxylation is 1. The third kappa shape index (κ3) is 5.22. The van der Waals surface area contributed by atoms with Gasteiger partial charge in [-0.2, -0.15) is 5.10 Å². The van der Waals surface area contributed by atoms with Crippen LogP contribution in [0.2, 0.25) is 0 Å². The Bertz CT molecular complexity index is 1260. The minimum absolute atomic E-state index is 0.205. The van der Waals surface area contributed by atoms with Crippen molar-refractivity contribution in [2.75, 3.05) is 6.54 Å². The van der Waals surface area contributed by atoms with Crippen molar-refractivity contribution < 1.29 is 4.79 Å². The number of rotatable bonds is 7. The summed E-state index contributed by atoms with van der Waals surface area (Å²) in [6.07, 6.45) is 3.26. The topological polar surface area (TPSA) is 76.9 Å². The molecular formula is C23H20N4O2S2. The largest absolute Gasteiger partial charge is 0.351 e. The van der Waals surface area contributed by atoms with Gasteiger partial charge in [0.2, 0.25) is 5.91 Å². The highest BCUT2D eigenvalue weighted by Gasteiger charge is 2.13. The minimum Gasteiger partial charge on any atom is -0.351 e. The second-order valence-corrected chi connectivity index (χ2v) is 8.70. The fraction of sp³-hybridized carbons (Fsp3) is 0.130. The molecule has 0 saturated heterocycles. The molecule has 0 fully saturated rings. The Balaban J connectivity index is 1.45. The number of nitrogens with zero attached hydrogens (tertiary/aromatic N) is 3. The Morgan fingerprint density at radius 3 is 2.74 bits per heavy atom. The van der Waals surface area contributed by atoms with Gasteiger partial charge in [0.1, 0.15) is 10.7 Å². The van der Waals surface area contributed by atoms with Gasteiger partial charge in [0.05, 0.1) is 17.1 Å². The lowest BCUT2D eigenvalue weighted by atomic mass is 10.2. The monoisotopic (exact) mass is 448 g/mol. The third-order valence-electron chi connectivity index (χ3n) is 4.48. The minimum atomic E-state index is -0.211. The Morgan fingerprint density at radius 1 is 1.13 bits per heavy atom. The summed E-state index contributed by atoms with van der Waals surface area (Å²) in [4.78, 5) is 30.8. The molecule has 0 bridgehead atoms. The van der Waals surface area contributed by atoms with E-state index in [9.17, 15) is 9.59 Å². The van der Waals surface area contributed by atoms with Crippen LogP contribution in [0, 0.1) is 6.92 Å². The van der Waals surface area contributed by atoms with Crippen LogP contribution >= 0.6 is 22.7 Å². The average molecular weight is 449 g/mol. The van der Waals surface area contributed by atoms with Crippen LogP contribution in [0.4, 0.5) is 0 Å². The van der Waals surface area contributed by atoms with Crippen LogP contribution in [-0.2, 0) is 11.3 Å². The fourth-order valence-corrected chi connectivity index (χ4v) is 4.61. The van der Waals surface area contributed by atoms with Gasteiger partial charge in [-0.25, -0.2) is 9.67 Å². The lowest BCUT2D eigenvalue weighted by Crippen LogP contribution is -2.31. The van der Waals surface area contributed by atoms with Crippen LogP contribution in [0.3, 0.4) is 0 Å². The Kier molecular flexibility index (Phi) is 6.49. The third-order valence-corrected chi connectivity index (χ3v) is 6.55. The first kappa shape index (κ1) is 20.9. The summed E-state index contributed by atoms with van der Waals surface area (Å²) in [7, 11) is 0. The van der Waals surface area contributed by atoms with Crippen LogP contribution in [0.1, 0.15) is 10.6 Å². The average Bonchev–Trinajstić information content (AvgIpc) is 3.44. The molecule has 0 saturated carbocycles. The highest BCUT2D eigenvalue weighted by molar-refractivity contribution is 7.18. The quantitative estimate of drug-likeness (QED) is 0.429. The summed E-state index contributed by atoms with van der Waals surface area (Å²) < 4.78 is 1.37. The van der Waals surface area contributed by atoms with Gasteiger partial charge in [0, 0.05) is 29.1 Å². The van der Waals surface area contributed by atoms with Crippen molar-refractivity contribution in [2.24, 2.45) is 0 Å². The van der Waals surface area contributed by atoms with E-state index in [1.165, 1.54) is 16.8 Å². The standard InChI is InChI=1S/C23H20N4O2S2/c1-16-22(31-23(25-16)17-6-3-2-4-7-17)19-10-12-21(29)27(26-19)14-13-24-20(28)11-9-18-8-5-15-30-18/h2-12,15H,13-14H2,1H3,(H,24,28). The molecule has 3 aromatic heterocycles. The first-order chi connectivity index (χ1) is 15.1. The molecule has 1 aromatic carbocycles. The number of carbonyl (C=O) groups is 1. The summed E-state index contributed by atoms with van der Waals surface area (Å²) >= 11 is 3.11. The summed E-state index contributed by atoms with van der Waals surface area (Å²) in [6.45, 7) is 2.53. The van der Waals surface area contributed by atoms with Crippen molar-refractivity contribution in [1.29, 1.82) is 0 Å². The zero-order valence-corrected chi connectivity index (χ0v) is 18.5. The molecule has 0 aliphatic heterocycles. The summed E-state index contributed by atoms with van der Waals surface area (Å²) in [5.74, 6) is -0.205. The second kappa shape index (κ2) is 9.63. The summed E-state index contributed by atoms with van der Waals surface area (Å²) in [6, 6.07) is 17.1. The molecule has 0 spiro atoms. The van der Waals surface area contributed by atoms with E-state index in [4.69, 9.17) is 0 Å². The predicted octanol–water partition coefficient (Wildman–Crippen LogP) is 4.23. The SMILES string of the molecule is Cc1nc(-c2ccccc2)sc1-c1ccc(=O)n(CCNC(=O)C=Cc2cccs2)n1. The number of thiazole rings is 1. The molecule has 1 amide bonds. The first-order valence-electron chi connectivity index (χ1n) is 9.71. The van der Waals surface area contributed by atoms with Gasteiger partial charge in [-0.05, 0) is 30.5 Å². The zero-order chi connectivity index (χ0) is 21.6. The number of carbonyl (C=O) groups excluding carboxylic acids is 1. The van der Waals surface area contributed by atoms with Crippen LogP contribution in [0.25, 0.3) is 27.2 Å². The van der Waals surface area contributed by atoms with Gasteiger partial charge < -0.3 is 5.32 Å². The first-order valence-corrected chi connectivity index (χ1v) is 11.4. The number of aromatic nitrogens is 3. The molecule has 3 heterocycles. The Hall–Kier alpha value is -3.36. The lowest BCUT2D eigenvalue weighted by molar-refractivity contribution is -0.116. The summed E-state index contributed by atoms with van der Waals surface area (Å²) in [5, 5.41) is 10.2. The number of thiophene rings is 1. The number of hydrogen-bond donors (Lipinski definition) is 1. The zero-order valence-electron chi connectivity index (χ0n) is 16.8. The molecule has 6 nitrogen and oxygen atoms in total. The maximum absolute atomic E-state index is 12.2. The van der Waals surface area contributed by atoms with Crippen molar-refractivity contribution in [3.8, 4) is 21.1 Å². The second-order valence-electron chi connectivity index (χ2n) is 6.72. The fourth-order valence-electron chi connectivity index (χ4n) is 2.96. The van der Waals surface area contributed by atoms with Crippen molar-refractivity contribution >= 4 is 34.7 Å². The van der Waals surface area contributed by atoms with E-state index in [0.717, 1.165) is 26.0 Å². The Morgan fingerprint density at radius 2 is 1.97 bits per heavy atom. The van der Waals surface area contributed by atoms with E-state index in [0.29, 0.717) is 12.2 Å². The molecule has 31 heavy (non-hydrogen) atoms. The van der Waals surface area contributed by atoms with E-state index in [-0.39, 0.29) is 18.0 Å². The van der Waals surface area contributed by atoms with Crippen LogP contribution in [-0.4, -0.2) is 27.2 Å². The molecule has 8 heteroatoms. The highest BCUT2D eigenvalue weighted by atomic mass is 32.1. The molecule has 0 atom stereocenters. The molecule has 4 aromatic rings. The lowest BCUT2D eigenvalue weighted by Gasteiger charge is -2.07. The van der Waals surface area contributed by atoms with Crippen LogP contribution in [0.15, 0.2) is 70.8 Å². The molecule has 156 valence electrons. The molecule has 0 aliphatic carbocycles. The predicted molar refractivity (Wildman–Crippen MR) is 126 cm³/mol. The van der Waals surface area contributed by atoms with Crippen molar-refractivity contribution in [1.82, 2.24) is 20.1 Å². The summed E-state index contributed by atoms with van der Waals surface area (Å²) in [5.41, 5.74) is 2.40. The number of amides is 1. The van der Waals surface area contributed by atoms with Gasteiger partial charge in [-0.15, -0.1) is 22.7 Å². The van der Waals surface area contributed by atoms with Gasteiger partial charge in [0.25, 0.3) is 5.56 Å². The van der Waals surface area contributed by atoms with Gasteiger partial charge in [0.15, 0.2) is 0 Å². The number of nitrogens with one attached hydrogen (secondary N) is 1. The molecule has 4 rings (SSSR count). The van der Waals surface area contributed by atoms with Gasteiger partial charge in [-0.1, -0.05) is 36.4 Å². The number of benzene rings is 1. The van der Waals surface area contributed by atoms with Crippen molar-refractivity contribution in [2.45, 2.75) is 13.5 Å². The number of hydrogen-bond acceptors (Lipinski definition) is 6.